The highest BCUT2D eigenvalue weighted by Crippen LogP contribution is 2.35. The molecule has 5 nitrogen and oxygen atoms in total. The summed E-state index contributed by atoms with van der Waals surface area (Å²) < 4.78 is 54.3. The second-order valence-electron chi connectivity index (χ2n) is 3.75. The smallest absolute Gasteiger partial charge is 0.307 e. The third kappa shape index (κ3) is 3.22. The Kier molecular flexibility index (Phi) is 3.88. The molecule has 1 heterocycles. The second kappa shape index (κ2) is 4.69. The highest BCUT2D eigenvalue weighted by molar-refractivity contribution is 7.92. The van der Waals surface area contributed by atoms with Gasteiger partial charge in [-0.3, -0.25) is 4.79 Å². The predicted molar refractivity (Wildman–Crippen MR) is 55.8 cm³/mol. The first-order valence-corrected chi connectivity index (χ1v) is 6.31. The van der Waals surface area contributed by atoms with Crippen LogP contribution in [0.4, 0.5) is 8.78 Å². The number of sulfonamides is 1. The molecule has 98 valence electrons. The van der Waals surface area contributed by atoms with Crippen LogP contribution in [0.2, 0.25) is 0 Å². The van der Waals surface area contributed by atoms with Crippen LogP contribution in [-0.4, -0.2) is 44.3 Å². The first kappa shape index (κ1) is 14.0. The largest absolute Gasteiger partial charge is 0.469 e. The van der Waals surface area contributed by atoms with E-state index in [4.69, 9.17) is 0 Å². The fourth-order valence-corrected chi connectivity index (χ4v) is 2.84. The Bertz CT molecular complexity index is 421. The highest BCUT2D eigenvalue weighted by atomic mass is 32.2. The third-order valence-corrected chi connectivity index (χ3v) is 4.00. The fourth-order valence-electron chi connectivity index (χ4n) is 1.71. The normalized spacial score (nSPS) is 24.5. The lowest BCUT2D eigenvalue weighted by molar-refractivity contribution is -0.141. The zero-order valence-electron chi connectivity index (χ0n) is 9.23. The van der Waals surface area contributed by atoms with Gasteiger partial charge in [0, 0.05) is 17.9 Å². The number of halogens is 2. The molecular weight excluding hydrogens is 256 g/mol. The Morgan fingerprint density at radius 3 is 2.71 bits per heavy atom. The van der Waals surface area contributed by atoms with Gasteiger partial charge in [0.25, 0.3) is 5.92 Å². The minimum atomic E-state index is -3.96. The van der Waals surface area contributed by atoms with E-state index in [9.17, 15) is 22.0 Å². The third-order valence-electron chi connectivity index (χ3n) is 2.50. The van der Waals surface area contributed by atoms with Crippen molar-refractivity contribution in [1.29, 1.82) is 0 Å². The van der Waals surface area contributed by atoms with Gasteiger partial charge in [0.2, 0.25) is 10.0 Å². The average molecular weight is 269 g/mol. The van der Waals surface area contributed by atoms with Gasteiger partial charge in [0.1, 0.15) is 0 Å². The van der Waals surface area contributed by atoms with E-state index in [1.165, 1.54) is 0 Å². The molecule has 0 unspecified atom stereocenters. The lowest BCUT2D eigenvalue weighted by Gasteiger charge is -2.20. The summed E-state index contributed by atoms with van der Waals surface area (Å²) in [5.74, 6) is -3.86. The summed E-state index contributed by atoms with van der Waals surface area (Å²) in [7, 11) is -2.85. The van der Waals surface area contributed by atoms with Crippen LogP contribution in [0.15, 0.2) is 12.0 Å². The minimum absolute atomic E-state index is 0.390. The van der Waals surface area contributed by atoms with Crippen molar-refractivity contribution in [1.82, 2.24) is 4.31 Å². The summed E-state index contributed by atoms with van der Waals surface area (Å²) in [4.78, 5) is 11.0. The Labute approximate surface area is 98.1 Å². The summed E-state index contributed by atoms with van der Waals surface area (Å²) in [6.07, 6.45) is -1.08. The van der Waals surface area contributed by atoms with E-state index < -0.39 is 40.9 Å². The van der Waals surface area contributed by atoms with Crippen LogP contribution in [0.5, 0.6) is 0 Å². The minimum Gasteiger partial charge on any atom is -0.469 e. The van der Waals surface area contributed by atoms with Crippen LogP contribution in [-0.2, 0) is 19.6 Å². The van der Waals surface area contributed by atoms with Crippen LogP contribution in [0.1, 0.15) is 12.8 Å². The molecule has 1 rings (SSSR count). The van der Waals surface area contributed by atoms with E-state index in [0.717, 1.165) is 7.11 Å². The van der Waals surface area contributed by atoms with Crippen LogP contribution in [0.25, 0.3) is 0 Å². The number of esters is 1. The lowest BCUT2D eigenvalue weighted by atomic mass is 10.1. The maximum atomic E-state index is 13.2. The van der Waals surface area contributed by atoms with E-state index in [1.807, 2.05) is 0 Å². The number of rotatable bonds is 4. The van der Waals surface area contributed by atoms with Gasteiger partial charge in [0.15, 0.2) is 0 Å². The van der Waals surface area contributed by atoms with E-state index in [2.05, 4.69) is 11.3 Å². The van der Waals surface area contributed by atoms with E-state index in [-0.39, 0.29) is 6.42 Å². The quantitative estimate of drug-likeness (QED) is 0.706. The summed E-state index contributed by atoms with van der Waals surface area (Å²) in [5.41, 5.74) is 0. The molecule has 0 aliphatic carbocycles. The molecule has 0 bridgehead atoms. The molecule has 8 heteroatoms. The molecule has 0 spiro atoms. The molecule has 0 saturated carbocycles. The summed E-state index contributed by atoms with van der Waals surface area (Å²) in [6, 6.07) is -1.08. The van der Waals surface area contributed by atoms with Gasteiger partial charge in [-0.1, -0.05) is 6.58 Å². The first-order chi connectivity index (χ1) is 7.72. The lowest BCUT2D eigenvalue weighted by Crippen LogP contribution is -2.36. The number of carbonyl (C=O) groups is 1. The molecule has 0 radical (unpaired) electrons. The molecule has 17 heavy (non-hydrogen) atoms. The Hall–Kier alpha value is -1.02. The number of carbonyl (C=O) groups excluding carboxylic acids is 1. The number of ether oxygens (including phenoxy) is 1. The van der Waals surface area contributed by atoms with E-state index in [0.29, 0.717) is 9.71 Å². The molecule has 0 aromatic heterocycles. The van der Waals surface area contributed by atoms with Crippen LogP contribution in [0, 0.1) is 0 Å². The Morgan fingerprint density at radius 1 is 1.65 bits per heavy atom. The first-order valence-electron chi connectivity index (χ1n) is 4.81. The van der Waals surface area contributed by atoms with Gasteiger partial charge in [-0.05, 0) is 0 Å². The molecule has 1 fully saturated rings. The Balaban J connectivity index is 2.93. The SMILES string of the molecule is C=CS(=O)(=O)N1CC(F)(F)C[C@H]1CC(=O)OC. The van der Waals surface area contributed by atoms with Crippen molar-refractivity contribution in [2.24, 2.45) is 0 Å². The van der Waals surface area contributed by atoms with Crippen LogP contribution < -0.4 is 0 Å². The van der Waals surface area contributed by atoms with Crippen molar-refractivity contribution in [3.63, 3.8) is 0 Å². The van der Waals surface area contributed by atoms with Crippen LogP contribution in [0.3, 0.4) is 0 Å². The predicted octanol–water partition coefficient (Wildman–Crippen LogP) is 0.732. The van der Waals surface area contributed by atoms with Crippen molar-refractivity contribution in [3.8, 4) is 0 Å². The average Bonchev–Trinajstić information content (AvgIpc) is 2.54. The maximum Gasteiger partial charge on any atom is 0.307 e. The standard InChI is InChI=1S/C9H13F2NO4S/c1-3-17(14,15)12-6-9(10,11)5-7(12)4-8(13)16-2/h3,7H,1,4-6H2,2H3/t7-/m1/s1. The van der Waals surface area contributed by atoms with Gasteiger partial charge in [-0.2, -0.15) is 4.31 Å². The number of methoxy groups -OCH3 is 1. The molecule has 0 amide bonds. The van der Waals surface area contributed by atoms with Crippen molar-refractivity contribution >= 4 is 16.0 Å². The summed E-state index contributed by atoms with van der Waals surface area (Å²) >= 11 is 0. The van der Waals surface area contributed by atoms with Crippen LogP contribution >= 0.6 is 0 Å². The van der Waals surface area contributed by atoms with Crippen molar-refractivity contribution in [3.05, 3.63) is 12.0 Å². The van der Waals surface area contributed by atoms with Crippen molar-refractivity contribution in [2.45, 2.75) is 24.8 Å². The van der Waals surface area contributed by atoms with Gasteiger partial charge < -0.3 is 4.74 Å². The molecule has 1 atom stereocenters. The highest BCUT2D eigenvalue weighted by Gasteiger charge is 2.49. The van der Waals surface area contributed by atoms with Crippen molar-refractivity contribution in [2.75, 3.05) is 13.7 Å². The molecule has 0 N–H and O–H groups in total. The number of nitrogens with zero attached hydrogens (tertiary/aromatic N) is 1. The number of hydrogen-bond donors (Lipinski definition) is 0. The van der Waals surface area contributed by atoms with E-state index >= 15 is 0 Å². The molecule has 0 aromatic rings. The monoisotopic (exact) mass is 269 g/mol. The second-order valence-corrected chi connectivity index (χ2v) is 5.58. The van der Waals surface area contributed by atoms with E-state index in [1.54, 1.807) is 0 Å². The van der Waals surface area contributed by atoms with Crippen molar-refractivity contribution < 1.29 is 26.7 Å². The number of hydrogen-bond acceptors (Lipinski definition) is 4. The zero-order valence-corrected chi connectivity index (χ0v) is 10.0. The molecular formula is C9H13F2NO4S. The topological polar surface area (TPSA) is 63.7 Å². The molecule has 0 aromatic carbocycles. The summed E-state index contributed by atoms with van der Waals surface area (Å²) in [6.45, 7) is 2.14. The summed E-state index contributed by atoms with van der Waals surface area (Å²) in [5, 5.41) is 0.596. The zero-order chi connectivity index (χ0) is 13.3. The van der Waals surface area contributed by atoms with Gasteiger partial charge in [-0.25, -0.2) is 17.2 Å². The van der Waals surface area contributed by atoms with Gasteiger partial charge in [-0.15, -0.1) is 0 Å². The molecule has 1 saturated heterocycles. The molecule has 1 aliphatic rings. The fraction of sp³-hybridized carbons (Fsp3) is 0.667. The maximum absolute atomic E-state index is 13.2. The van der Waals surface area contributed by atoms with Gasteiger partial charge in [0.05, 0.1) is 20.1 Å². The molecule has 1 aliphatic heterocycles. The number of alkyl halides is 2. The van der Waals surface area contributed by atoms with Gasteiger partial charge >= 0.3 is 5.97 Å². The Morgan fingerprint density at radius 2 is 2.24 bits per heavy atom.